The molecule has 1 aromatic heterocycles. The highest BCUT2D eigenvalue weighted by Gasteiger charge is 2.10. The molecule has 1 aromatic carbocycles. The Hall–Kier alpha value is -2.61. The molecule has 0 aliphatic heterocycles. The highest BCUT2D eigenvalue weighted by atomic mass is 32.2. The second-order valence-electron chi connectivity index (χ2n) is 5.34. The van der Waals surface area contributed by atoms with Crippen LogP contribution in [0.2, 0.25) is 0 Å². The highest BCUT2D eigenvalue weighted by molar-refractivity contribution is 7.99. The molecule has 132 valence electrons. The van der Waals surface area contributed by atoms with Gasteiger partial charge in [-0.2, -0.15) is 0 Å². The molecule has 8 heteroatoms. The molecule has 2 aromatic rings. The van der Waals surface area contributed by atoms with Crippen LogP contribution >= 0.6 is 11.8 Å². The summed E-state index contributed by atoms with van der Waals surface area (Å²) in [6.45, 7) is 7.69. The van der Waals surface area contributed by atoms with Crippen molar-refractivity contribution in [3.8, 4) is 0 Å². The van der Waals surface area contributed by atoms with Crippen molar-refractivity contribution >= 4 is 35.0 Å². The van der Waals surface area contributed by atoms with Gasteiger partial charge in [0.1, 0.15) is 5.82 Å². The van der Waals surface area contributed by atoms with Crippen LogP contribution in [0.4, 0.5) is 11.4 Å². The molecule has 0 aliphatic rings. The first-order chi connectivity index (χ1) is 12.0. The molecule has 0 spiro atoms. The largest absolute Gasteiger partial charge is 0.326 e. The molecular formula is C17H21N5O2S. The first-order valence-electron chi connectivity index (χ1n) is 7.80. The minimum Gasteiger partial charge on any atom is -0.326 e. The van der Waals surface area contributed by atoms with Crippen LogP contribution in [-0.4, -0.2) is 32.3 Å². The summed E-state index contributed by atoms with van der Waals surface area (Å²) in [6, 6.07) is 7.04. The normalized spacial score (nSPS) is 10.3. The van der Waals surface area contributed by atoms with Gasteiger partial charge in [0, 0.05) is 37.0 Å². The molecule has 0 radical (unpaired) electrons. The Morgan fingerprint density at radius 3 is 2.68 bits per heavy atom. The number of amides is 2. The van der Waals surface area contributed by atoms with Crippen LogP contribution in [0, 0.1) is 6.92 Å². The molecule has 2 amide bonds. The van der Waals surface area contributed by atoms with Crippen molar-refractivity contribution in [2.45, 2.75) is 32.0 Å². The fourth-order valence-electron chi connectivity index (χ4n) is 2.14. The van der Waals surface area contributed by atoms with Gasteiger partial charge in [0.2, 0.25) is 11.8 Å². The summed E-state index contributed by atoms with van der Waals surface area (Å²) in [6.07, 6.45) is 2.13. The monoisotopic (exact) mass is 359 g/mol. The van der Waals surface area contributed by atoms with Crippen LogP contribution in [0.5, 0.6) is 0 Å². The molecule has 0 aliphatic carbocycles. The van der Waals surface area contributed by atoms with E-state index in [4.69, 9.17) is 0 Å². The number of aryl methyl sites for hydroxylation is 1. The number of nitrogens with one attached hydrogen (secondary N) is 2. The molecule has 0 atom stereocenters. The summed E-state index contributed by atoms with van der Waals surface area (Å²) in [5.74, 6) is 1.16. The zero-order valence-corrected chi connectivity index (χ0v) is 15.1. The summed E-state index contributed by atoms with van der Waals surface area (Å²) in [5, 5.41) is 14.4. The lowest BCUT2D eigenvalue weighted by Gasteiger charge is -2.08. The van der Waals surface area contributed by atoms with Gasteiger partial charge in [-0.05, 0) is 25.1 Å². The van der Waals surface area contributed by atoms with E-state index in [1.807, 2.05) is 11.5 Å². The lowest BCUT2D eigenvalue weighted by Crippen LogP contribution is -2.13. The maximum atomic E-state index is 12.1. The van der Waals surface area contributed by atoms with Gasteiger partial charge >= 0.3 is 0 Å². The van der Waals surface area contributed by atoms with E-state index in [9.17, 15) is 9.59 Å². The molecule has 2 N–H and O–H groups in total. The SMILES string of the molecule is C=CCn1c(C)nnc1SCCC(=O)Nc1cccc(NC(C)=O)c1. The molecular weight excluding hydrogens is 338 g/mol. The van der Waals surface area contributed by atoms with Gasteiger partial charge in [-0.3, -0.25) is 9.59 Å². The van der Waals surface area contributed by atoms with Gasteiger partial charge in [0.05, 0.1) is 0 Å². The summed E-state index contributed by atoms with van der Waals surface area (Å²) < 4.78 is 1.95. The van der Waals surface area contributed by atoms with Crippen molar-refractivity contribution in [1.29, 1.82) is 0 Å². The lowest BCUT2D eigenvalue weighted by molar-refractivity contribution is -0.116. The number of aromatic nitrogens is 3. The zero-order chi connectivity index (χ0) is 18.2. The first kappa shape index (κ1) is 18.7. The summed E-state index contributed by atoms with van der Waals surface area (Å²) in [4.78, 5) is 23.2. The number of allylic oxidation sites excluding steroid dienone is 1. The predicted octanol–water partition coefficient (Wildman–Crippen LogP) is 2.85. The van der Waals surface area contributed by atoms with Crippen LogP contribution in [0.1, 0.15) is 19.2 Å². The second-order valence-corrected chi connectivity index (χ2v) is 6.40. The summed E-state index contributed by atoms with van der Waals surface area (Å²) >= 11 is 1.48. The molecule has 0 bridgehead atoms. The number of hydrogen-bond acceptors (Lipinski definition) is 5. The van der Waals surface area contributed by atoms with Gasteiger partial charge < -0.3 is 15.2 Å². The average molecular weight is 359 g/mol. The van der Waals surface area contributed by atoms with Crippen molar-refractivity contribution in [2.75, 3.05) is 16.4 Å². The Morgan fingerprint density at radius 2 is 2.00 bits per heavy atom. The van der Waals surface area contributed by atoms with E-state index in [0.717, 1.165) is 11.0 Å². The standard InChI is InChI=1S/C17H21N5O2S/c1-4-9-22-12(2)20-21-17(22)25-10-8-16(24)19-15-7-5-6-14(11-15)18-13(3)23/h4-7,11H,1,8-10H2,2-3H3,(H,18,23)(H,19,24). The lowest BCUT2D eigenvalue weighted by atomic mass is 10.2. The molecule has 0 fully saturated rings. The third kappa shape index (κ3) is 5.75. The topological polar surface area (TPSA) is 88.9 Å². The Kier molecular flexibility index (Phi) is 6.76. The van der Waals surface area contributed by atoms with Crippen molar-refractivity contribution in [1.82, 2.24) is 14.8 Å². The van der Waals surface area contributed by atoms with Crippen molar-refractivity contribution in [2.24, 2.45) is 0 Å². The average Bonchev–Trinajstić information content (AvgIpc) is 2.88. The summed E-state index contributed by atoms with van der Waals surface area (Å²) in [5.41, 5.74) is 1.29. The fraction of sp³-hybridized carbons (Fsp3) is 0.294. The number of carbonyl (C=O) groups is 2. The molecule has 2 rings (SSSR count). The van der Waals surface area contributed by atoms with Gasteiger partial charge in [-0.25, -0.2) is 0 Å². The first-order valence-corrected chi connectivity index (χ1v) is 8.79. The molecule has 25 heavy (non-hydrogen) atoms. The summed E-state index contributed by atoms with van der Waals surface area (Å²) in [7, 11) is 0. The molecule has 0 saturated carbocycles. The third-order valence-corrected chi connectivity index (χ3v) is 4.21. The second kappa shape index (κ2) is 9.03. The van der Waals surface area contributed by atoms with E-state index in [1.165, 1.54) is 18.7 Å². The number of nitrogens with zero attached hydrogens (tertiary/aromatic N) is 3. The van der Waals surface area contributed by atoms with Crippen molar-refractivity contribution in [3.63, 3.8) is 0 Å². The number of anilines is 2. The maximum absolute atomic E-state index is 12.1. The van der Waals surface area contributed by atoms with Gasteiger partial charge in [0.25, 0.3) is 0 Å². The predicted molar refractivity (Wildman–Crippen MR) is 99.7 cm³/mol. The van der Waals surface area contributed by atoms with E-state index in [0.29, 0.717) is 30.1 Å². The third-order valence-electron chi connectivity index (χ3n) is 3.24. The van der Waals surface area contributed by atoms with Crippen LogP contribution < -0.4 is 10.6 Å². The number of benzene rings is 1. The van der Waals surface area contributed by atoms with Crippen LogP contribution in [0.3, 0.4) is 0 Å². The minimum atomic E-state index is -0.154. The number of rotatable bonds is 8. The fourth-order valence-corrected chi connectivity index (χ4v) is 3.08. The zero-order valence-electron chi connectivity index (χ0n) is 14.3. The minimum absolute atomic E-state index is 0.0982. The highest BCUT2D eigenvalue weighted by Crippen LogP contribution is 2.19. The van der Waals surface area contributed by atoms with Crippen molar-refractivity contribution in [3.05, 3.63) is 42.7 Å². The number of carbonyl (C=O) groups excluding carboxylic acids is 2. The van der Waals surface area contributed by atoms with Crippen molar-refractivity contribution < 1.29 is 9.59 Å². The molecule has 0 saturated heterocycles. The van der Waals surface area contributed by atoms with Crippen LogP contribution in [0.15, 0.2) is 42.1 Å². The van der Waals surface area contributed by atoms with Gasteiger partial charge in [0.15, 0.2) is 5.16 Å². The number of hydrogen-bond donors (Lipinski definition) is 2. The van der Waals surface area contributed by atoms with E-state index in [1.54, 1.807) is 30.3 Å². The molecule has 7 nitrogen and oxygen atoms in total. The van der Waals surface area contributed by atoms with Gasteiger partial charge in [-0.1, -0.05) is 23.9 Å². The van der Waals surface area contributed by atoms with E-state index < -0.39 is 0 Å². The maximum Gasteiger partial charge on any atom is 0.225 e. The smallest absolute Gasteiger partial charge is 0.225 e. The molecule has 1 heterocycles. The Balaban J connectivity index is 1.85. The van der Waals surface area contributed by atoms with Gasteiger partial charge in [-0.15, -0.1) is 16.8 Å². The molecule has 0 unspecified atom stereocenters. The Labute approximate surface area is 150 Å². The Bertz CT molecular complexity index is 772. The quantitative estimate of drug-likeness (QED) is 0.559. The van der Waals surface area contributed by atoms with E-state index in [-0.39, 0.29) is 11.8 Å². The Morgan fingerprint density at radius 1 is 1.28 bits per heavy atom. The van der Waals surface area contributed by atoms with Crippen LogP contribution in [0.25, 0.3) is 0 Å². The number of thioether (sulfide) groups is 1. The van der Waals surface area contributed by atoms with Crippen LogP contribution in [-0.2, 0) is 16.1 Å². The van der Waals surface area contributed by atoms with E-state index in [2.05, 4.69) is 27.4 Å². The van der Waals surface area contributed by atoms with E-state index >= 15 is 0 Å².